The Morgan fingerprint density at radius 2 is 1.68 bits per heavy atom. The van der Waals surface area contributed by atoms with Crippen LogP contribution in [0.4, 0.5) is 0 Å². The predicted molar refractivity (Wildman–Crippen MR) is 90.5 cm³/mol. The van der Waals surface area contributed by atoms with Crippen LogP contribution in [0.25, 0.3) is 10.9 Å². The molecule has 1 aliphatic heterocycles. The van der Waals surface area contributed by atoms with E-state index in [1.807, 2.05) is 17.9 Å². The highest BCUT2D eigenvalue weighted by atomic mass is 16.7. The molecule has 2 heterocycles. The molecule has 1 aromatic carbocycles. The van der Waals surface area contributed by atoms with Crippen molar-refractivity contribution in [3.8, 4) is 0 Å². The Hall–Kier alpha value is -1.33. The van der Waals surface area contributed by atoms with E-state index < -0.39 is 0 Å². The molecule has 0 atom stereocenters. The van der Waals surface area contributed by atoms with Gasteiger partial charge in [0.1, 0.15) is 0 Å². The van der Waals surface area contributed by atoms with Gasteiger partial charge in [-0.3, -0.25) is 4.68 Å². The van der Waals surface area contributed by atoms with Crippen LogP contribution in [0.3, 0.4) is 0 Å². The van der Waals surface area contributed by atoms with Gasteiger partial charge in [0.25, 0.3) is 0 Å². The first-order valence-corrected chi connectivity index (χ1v) is 7.94. The molecule has 1 aliphatic rings. The highest BCUT2D eigenvalue weighted by Crippen LogP contribution is 2.37. The summed E-state index contributed by atoms with van der Waals surface area (Å²) in [5.74, 6) is 0.402. The van der Waals surface area contributed by atoms with Crippen LogP contribution in [0.1, 0.15) is 53.0 Å². The summed E-state index contributed by atoms with van der Waals surface area (Å²) in [4.78, 5) is 0. The van der Waals surface area contributed by atoms with Crippen molar-refractivity contribution in [2.45, 2.75) is 58.7 Å². The molecule has 0 aliphatic carbocycles. The lowest BCUT2D eigenvalue weighted by Crippen LogP contribution is -2.41. The summed E-state index contributed by atoms with van der Waals surface area (Å²) in [7, 11) is 1.61. The molecule has 22 heavy (non-hydrogen) atoms. The van der Waals surface area contributed by atoms with Gasteiger partial charge in [-0.1, -0.05) is 19.9 Å². The fraction of sp³-hybridized carbons (Fsp3) is 0.588. The molecule has 0 amide bonds. The molecule has 5 heteroatoms. The number of hydrogen-bond donors (Lipinski definition) is 0. The summed E-state index contributed by atoms with van der Waals surface area (Å²) >= 11 is 0. The van der Waals surface area contributed by atoms with E-state index in [2.05, 4.69) is 58.8 Å². The molecule has 1 aromatic heterocycles. The normalized spacial score (nSPS) is 20.3. The quantitative estimate of drug-likeness (QED) is 0.800. The Labute approximate surface area is 132 Å². The third kappa shape index (κ3) is 2.18. The summed E-state index contributed by atoms with van der Waals surface area (Å²) in [6.45, 7) is 12.8. The van der Waals surface area contributed by atoms with Crippen molar-refractivity contribution in [3.63, 3.8) is 0 Å². The van der Waals surface area contributed by atoms with E-state index in [1.54, 1.807) is 0 Å². The summed E-state index contributed by atoms with van der Waals surface area (Å²) in [5.41, 5.74) is 2.82. The maximum atomic E-state index is 6.30. The molecule has 0 bridgehead atoms. The van der Waals surface area contributed by atoms with Gasteiger partial charge in [0.15, 0.2) is 0 Å². The fourth-order valence-electron chi connectivity index (χ4n) is 2.99. The molecule has 4 nitrogen and oxygen atoms in total. The molecule has 118 valence electrons. The highest BCUT2D eigenvalue weighted by Gasteiger charge is 2.52. The maximum absolute atomic E-state index is 6.30. The van der Waals surface area contributed by atoms with E-state index in [0.29, 0.717) is 5.92 Å². The third-order valence-corrected chi connectivity index (χ3v) is 5.12. The number of hydrogen-bond acceptors (Lipinski definition) is 3. The second kappa shape index (κ2) is 4.83. The van der Waals surface area contributed by atoms with Crippen molar-refractivity contribution in [1.29, 1.82) is 0 Å². The Kier molecular flexibility index (Phi) is 3.42. The van der Waals surface area contributed by atoms with Crippen molar-refractivity contribution >= 4 is 23.5 Å². The van der Waals surface area contributed by atoms with Crippen LogP contribution in [0, 0.1) is 0 Å². The van der Waals surface area contributed by atoms with E-state index in [0.717, 1.165) is 16.4 Å². The van der Waals surface area contributed by atoms with Gasteiger partial charge in [-0.05, 0) is 50.7 Å². The van der Waals surface area contributed by atoms with Crippen molar-refractivity contribution in [2.75, 3.05) is 0 Å². The van der Waals surface area contributed by atoms with E-state index >= 15 is 0 Å². The maximum Gasteiger partial charge on any atom is 0.495 e. The summed E-state index contributed by atoms with van der Waals surface area (Å²) in [5, 5.41) is 5.52. The van der Waals surface area contributed by atoms with Gasteiger partial charge in [-0.15, -0.1) is 0 Å². The smallest absolute Gasteiger partial charge is 0.399 e. The summed E-state index contributed by atoms with van der Waals surface area (Å²) in [6.07, 6.45) is 1.92. The predicted octanol–water partition coefficient (Wildman–Crippen LogP) is 3.00. The van der Waals surface area contributed by atoms with E-state index in [9.17, 15) is 0 Å². The molecule has 0 unspecified atom stereocenters. The lowest BCUT2D eigenvalue weighted by atomic mass is 9.71. The molecular formula is C17H25BN2O2. The minimum Gasteiger partial charge on any atom is -0.399 e. The number of aromatic nitrogens is 2. The molecule has 3 rings (SSSR count). The first-order chi connectivity index (χ1) is 10.1. The fourth-order valence-corrected chi connectivity index (χ4v) is 2.99. The van der Waals surface area contributed by atoms with Gasteiger partial charge < -0.3 is 9.31 Å². The van der Waals surface area contributed by atoms with Gasteiger partial charge in [-0.25, -0.2) is 0 Å². The SMILES string of the molecule is CC(C)c1ccc2c(cnn2C)c1B1OC(C)(C)C(C)(C)O1. The number of fused-ring (bicyclic) bond motifs is 1. The van der Waals surface area contributed by atoms with Crippen LogP contribution in [0.5, 0.6) is 0 Å². The third-order valence-electron chi connectivity index (χ3n) is 5.12. The highest BCUT2D eigenvalue weighted by molar-refractivity contribution is 6.65. The van der Waals surface area contributed by atoms with Crippen LogP contribution < -0.4 is 5.46 Å². The lowest BCUT2D eigenvalue weighted by molar-refractivity contribution is 0.00578. The minimum absolute atomic E-state index is 0.337. The first kappa shape index (κ1) is 15.6. The Bertz CT molecular complexity index is 703. The molecule has 0 N–H and O–H groups in total. The topological polar surface area (TPSA) is 36.3 Å². The molecule has 1 fully saturated rings. The zero-order valence-electron chi connectivity index (χ0n) is 14.6. The zero-order chi connectivity index (χ0) is 16.3. The van der Waals surface area contributed by atoms with Crippen molar-refractivity contribution in [1.82, 2.24) is 9.78 Å². The van der Waals surface area contributed by atoms with E-state index in [-0.39, 0.29) is 18.3 Å². The Morgan fingerprint density at radius 3 is 2.23 bits per heavy atom. The molecule has 0 radical (unpaired) electrons. The lowest BCUT2D eigenvalue weighted by Gasteiger charge is -2.32. The molecule has 0 spiro atoms. The number of rotatable bonds is 2. The van der Waals surface area contributed by atoms with Gasteiger partial charge in [0.05, 0.1) is 22.9 Å². The molecular weight excluding hydrogens is 275 g/mol. The van der Waals surface area contributed by atoms with Crippen LogP contribution in [-0.2, 0) is 16.4 Å². The first-order valence-electron chi connectivity index (χ1n) is 7.94. The Morgan fingerprint density at radius 1 is 1.09 bits per heavy atom. The molecule has 2 aromatic rings. The van der Waals surface area contributed by atoms with Crippen molar-refractivity contribution in [2.24, 2.45) is 7.05 Å². The van der Waals surface area contributed by atoms with Crippen LogP contribution in [0.15, 0.2) is 18.3 Å². The second-order valence-electron chi connectivity index (χ2n) is 7.51. The minimum atomic E-state index is -0.352. The number of nitrogens with zero attached hydrogens (tertiary/aromatic N) is 2. The van der Waals surface area contributed by atoms with Crippen LogP contribution >= 0.6 is 0 Å². The van der Waals surface area contributed by atoms with Gasteiger partial charge >= 0.3 is 7.12 Å². The van der Waals surface area contributed by atoms with Gasteiger partial charge in [0.2, 0.25) is 0 Å². The standard InChI is InChI=1S/C17H25BN2O2/c1-11(2)12-8-9-14-13(10-19-20(14)7)15(12)18-21-16(3,4)17(5,6)22-18/h8-11H,1-7H3. The van der Waals surface area contributed by atoms with Crippen LogP contribution in [0.2, 0.25) is 0 Å². The average molecular weight is 300 g/mol. The summed E-state index contributed by atoms with van der Waals surface area (Å²) < 4.78 is 14.5. The number of aryl methyl sites for hydroxylation is 1. The second-order valence-corrected chi connectivity index (χ2v) is 7.51. The van der Waals surface area contributed by atoms with Crippen molar-refractivity contribution < 1.29 is 9.31 Å². The number of benzene rings is 1. The van der Waals surface area contributed by atoms with Crippen molar-refractivity contribution in [3.05, 3.63) is 23.9 Å². The van der Waals surface area contributed by atoms with E-state index in [1.165, 1.54) is 5.56 Å². The largest absolute Gasteiger partial charge is 0.495 e. The Balaban J connectivity index is 2.19. The average Bonchev–Trinajstić information content (AvgIpc) is 2.87. The molecule has 0 saturated carbocycles. The van der Waals surface area contributed by atoms with Gasteiger partial charge in [-0.2, -0.15) is 5.10 Å². The molecule has 1 saturated heterocycles. The van der Waals surface area contributed by atoms with Gasteiger partial charge in [0, 0.05) is 12.4 Å². The zero-order valence-corrected chi connectivity index (χ0v) is 14.6. The summed E-state index contributed by atoms with van der Waals surface area (Å²) in [6, 6.07) is 4.31. The monoisotopic (exact) mass is 300 g/mol. The van der Waals surface area contributed by atoms with E-state index in [4.69, 9.17) is 9.31 Å². The van der Waals surface area contributed by atoms with Crippen LogP contribution in [-0.4, -0.2) is 28.1 Å².